The highest BCUT2D eigenvalue weighted by molar-refractivity contribution is 9.11. The topological polar surface area (TPSA) is 37.3 Å². The minimum atomic E-state index is -0.890. The average Bonchev–Trinajstić information content (AvgIpc) is 2.76. The van der Waals surface area contributed by atoms with Gasteiger partial charge >= 0.3 is 5.97 Å². The Bertz CT molecular complexity index is 597. The van der Waals surface area contributed by atoms with E-state index in [1.54, 1.807) is 19.1 Å². The minimum absolute atomic E-state index is 0.343. The van der Waals surface area contributed by atoms with Crippen molar-refractivity contribution in [3.8, 4) is 0 Å². The first-order chi connectivity index (χ1) is 8.99. The molecule has 2 aromatic rings. The van der Waals surface area contributed by atoms with E-state index >= 15 is 0 Å². The molecule has 0 unspecified atom stereocenters. The summed E-state index contributed by atoms with van der Waals surface area (Å²) in [7, 11) is 0. The van der Waals surface area contributed by atoms with Crippen molar-refractivity contribution in [1.29, 1.82) is 0 Å². The summed E-state index contributed by atoms with van der Waals surface area (Å²) < 4.78 is 14.3. The van der Waals surface area contributed by atoms with E-state index < -0.39 is 11.9 Å². The molecule has 0 amide bonds. The number of halogens is 2. The molecule has 100 valence electrons. The van der Waals surface area contributed by atoms with E-state index in [-0.39, 0.29) is 11.7 Å². The Morgan fingerprint density at radius 2 is 2.11 bits per heavy atom. The van der Waals surface area contributed by atoms with Gasteiger partial charge in [-0.1, -0.05) is 19.1 Å². The summed E-state index contributed by atoms with van der Waals surface area (Å²) in [6, 6.07) is 9.88. The van der Waals surface area contributed by atoms with Gasteiger partial charge in [-0.05, 0) is 45.8 Å². The van der Waals surface area contributed by atoms with Crippen molar-refractivity contribution in [2.75, 3.05) is 0 Å². The highest BCUT2D eigenvalue weighted by Gasteiger charge is 2.28. The highest BCUT2D eigenvalue weighted by Crippen LogP contribution is 2.38. The monoisotopic (exact) mass is 342 g/mol. The molecule has 0 radical (unpaired) electrons. The molecule has 0 aliphatic rings. The van der Waals surface area contributed by atoms with Gasteiger partial charge in [0.1, 0.15) is 5.82 Å². The second-order valence-electron chi connectivity index (χ2n) is 4.30. The standard InChI is InChI=1S/C14H12BrFO2S/c1-8(14(17)18)13(11-5-6-12(15)19-11)9-3-2-4-10(16)7-9/h2-8,13H,1H3,(H,17,18)/t8-,13+/m1/s1. The van der Waals surface area contributed by atoms with Gasteiger partial charge in [0.2, 0.25) is 0 Å². The smallest absolute Gasteiger partial charge is 0.307 e. The van der Waals surface area contributed by atoms with E-state index in [4.69, 9.17) is 0 Å². The second-order valence-corrected chi connectivity index (χ2v) is 6.80. The van der Waals surface area contributed by atoms with Crippen LogP contribution in [0.4, 0.5) is 4.39 Å². The largest absolute Gasteiger partial charge is 0.481 e. The Labute approximate surface area is 123 Å². The number of thiophene rings is 1. The maximum atomic E-state index is 13.4. The number of rotatable bonds is 4. The van der Waals surface area contributed by atoms with E-state index in [9.17, 15) is 14.3 Å². The van der Waals surface area contributed by atoms with Gasteiger partial charge in [-0.3, -0.25) is 4.79 Å². The number of carbonyl (C=O) groups is 1. The third-order valence-electron chi connectivity index (χ3n) is 3.00. The van der Waals surface area contributed by atoms with E-state index in [2.05, 4.69) is 15.9 Å². The summed E-state index contributed by atoms with van der Waals surface area (Å²) in [5, 5.41) is 9.25. The lowest BCUT2D eigenvalue weighted by molar-refractivity contribution is -0.141. The number of aliphatic carboxylic acids is 1. The van der Waals surface area contributed by atoms with Gasteiger partial charge in [-0.25, -0.2) is 4.39 Å². The van der Waals surface area contributed by atoms with Gasteiger partial charge in [-0.15, -0.1) is 11.3 Å². The van der Waals surface area contributed by atoms with Gasteiger partial charge < -0.3 is 5.11 Å². The SMILES string of the molecule is C[C@@H](C(=O)O)[C@@H](c1cccc(F)c1)c1ccc(Br)s1. The van der Waals surface area contributed by atoms with Crippen LogP contribution in [0, 0.1) is 11.7 Å². The second kappa shape index (κ2) is 5.84. The van der Waals surface area contributed by atoms with Crippen LogP contribution in [0.25, 0.3) is 0 Å². The van der Waals surface area contributed by atoms with Gasteiger partial charge in [0, 0.05) is 10.8 Å². The fourth-order valence-electron chi connectivity index (χ4n) is 2.04. The van der Waals surface area contributed by atoms with Crippen LogP contribution in [-0.4, -0.2) is 11.1 Å². The predicted octanol–water partition coefficient (Wildman–Crippen LogP) is 4.50. The zero-order valence-electron chi connectivity index (χ0n) is 10.1. The van der Waals surface area contributed by atoms with E-state index in [0.717, 1.165) is 8.66 Å². The molecule has 0 aliphatic heterocycles. The first-order valence-electron chi connectivity index (χ1n) is 5.72. The average molecular weight is 343 g/mol. The Balaban J connectivity index is 2.48. The van der Waals surface area contributed by atoms with Crippen LogP contribution < -0.4 is 0 Å². The van der Waals surface area contributed by atoms with E-state index in [1.165, 1.54) is 23.5 Å². The van der Waals surface area contributed by atoms with Crippen molar-refractivity contribution >= 4 is 33.2 Å². The zero-order chi connectivity index (χ0) is 14.0. The van der Waals surface area contributed by atoms with Crippen molar-refractivity contribution in [3.63, 3.8) is 0 Å². The molecule has 2 rings (SSSR count). The molecule has 19 heavy (non-hydrogen) atoms. The van der Waals surface area contributed by atoms with Crippen molar-refractivity contribution < 1.29 is 14.3 Å². The van der Waals surface area contributed by atoms with Gasteiger partial charge in [0.05, 0.1) is 9.70 Å². The summed E-state index contributed by atoms with van der Waals surface area (Å²) in [6.45, 7) is 1.64. The maximum absolute atomic E-state index is 13.4. The lowest BCUT2D eigenvalue weighted by atomic mass is 9.86. The van der Waals surface area contributed by atoms with E-state index in [1.807, 2.05) is 12.1 Å². The van der Waals surface area contributed by atoms with Crippen LogP contribution in [0.2, 0.25) is 0 Å². The van der Waals surface area contributed by atoms with Crippen molar-refractivity contribution in [2.45, 2.75) is 12.8 Å². The van der Waals surface area contributed by atoms with E-state index in [0.29, 0.717) is 5.56 Å². The molecule has 0 bridgehead atoms. The summed E-state index contributed by atoms with van der Waals surface area (Å²) in [4.78, 5) is 12.2. The third kappa shape index (κ3) is 3.22. The summed E-state index contributed by atoms with van der Waals surface area (Å²) in [5.41, 5.74) is 0.684. The predicted molar refractivity (Wildman–Crippen MR) is 77.1 cm³/mol. The Morgan fingerprint density at radius 1 is 1.37 bits per heavy atom. The highest BCUT2D eigenvalue weighted by atomic mass is 79.9. The molecule has 0 saturated heterocycles. The van der Waals surface area contributed by atoms with Gasteiger partial charge in [0.25, 0.3) is 0 Å². The van der Waals surface area contributed by atoms with Crippen molar-refractivity contribution in [1.82, 2.24) is 0 Å². The van der Waals surface area contributed by atoms with Gasteiger partial charge in [0.15, 0.2) is 0 Å². The summed E-state index contributed by atoms with van der Waals surface area (Å²) in [5.74, 6) is -2.20. The first-order valence-corrected chi connectivity index (χ1v) is 7.33. The third-order valence-corrected chi connectivity index (χ3v) is 4.70. The quantitative estimate of drug-likeness (QED) is 0.887. The molecule has 1 aromatic heterocycles. The summed E-state index contributed by atoms with van der Waals surface area (Å²) >= 11 is 4.84. The van der Waals surface area contributed by atoms with Crippen LogP contribution >= 0.6 is 27.3 Å². The molecule has 0 spiro atoms. The lowest BCUT2D eigenvalue weighted by Gasteiger charge is -2.20. The lowest BCUT2D eigenvalue weighted by Crippen LogP contribution is -2.19. The molecule has 5 heteroatoms. The van der Waals surface area contributed by atoms with Crippen LogP contribution in [0.15, 0.2) is 40.2 Å². The van der Waals surface area contributed by atoms with Crippen molar-refractivity contribution in [2.24, 2.45) is 5.92 Å². The molecule has 1 N–H and O–H groups in total. The minimum Gasteiger partial charge on any atom is -0.481 e. The van der Waals surface area contributed by atoms with Gasteiger partial charge in [-0.2, -0.15) is 0 Å². The normalized spacial score (nSPS) is 14.1. The Kier molecular flexibility index (Phi) is 4.37. The summed E-state index contributed by atoms with van der Waals surface area (Å²) in [6.07, 6.45) is 0. The number of carboxylic acids is 1. The fraction of sp³-hybridized carbons (Fsp3) is 0.214. The fourth-order valence-corrected chi connectivity index (χ4v) is 3.69. The molecule has 2 nitrogen and oxygen atoms in total. The molecule has 2 atom stereocenters. The first kappa shape index (κ1) is 14.2. The molecule has 0 aliphatic carbocycles. The van der Waals surface area contributed by atoms with Crippen LogP contribution in [0.5, 0.6) is 0 Å². The number of benzene rings is 1. The zero-order valence-corrected chi connectivity index (χ0v) is 12.5. The van der Waals surface area contributed by atoms with Crippen LogP contribution in [0.1, 0.15) is 23.3 Å². The number of hydrogen-bond donors (Lipinski definition) is 1. The molecule has 1 aromatic carbocycles. The van der Waals surface area contributed by atoms with Crippen LogP contribution in [-0.2, 0) is 4.79 Å². The maximum Gasteiger partial charge on any atom is 0.307 e. The molecule has 1 heterocycles. The molecular weight excluding hydrogens is 331 g/mol. The Hall–Kier alpha value is -1.20. The molecule has 0 fully saturated rings. The number of hydrogen-bond acceptors (Lipinski definition) is 2. The number of carboxylic acid groups (broad SMARTS) is 1. The molecule has 0 saturated carbocycles. The Morgan fingerprint density at radius 3 is 2.63 bits per heavy atom. The van der Waals surface area contributed by atoms with Crippen LogP contribution in [0.3, 0.4) is 0 Å². The van der Waals surface area contributed by atoms with Crippen molar-refractivity contribution in [3.05, 3.63) is 56.4 Å². The molecular formula is C14H12BrFO2S.